The maximum atomic E-state index is 14.1. The van der Waals surface area contributed by atoms with Crippen LogP contribution >= 0.6 is 11.3 Å². The van der Waals surface area contributed by atoms with Gasteiger partial charge >= 0.3 is 0 Å². The molecule has 32 heavy (non-hydrogen) atoms. The van der Waals surface area contributed by atoms with E-state index in [9.17, 15) is 4.39 Å². The first-order valence-electron chi connectivity index (χ1n) is 10.6. The van der Waals surface area contributed by atoms with E-state index in [0.717, 1.165) is 21.5 Å². The van der Waals surface area contributed by atoms with Gasteiger partial charge in [-0.2, -0.15) is 5.10 Å². The fourth-order valence-electron chi connectivity index (χ4n) is 3.70. The summed E-state index contributed by atoms with van der Waals surface area (Å²) in [5.74, 6) is -0.299. The van der Waals surface area contributed by atoms with Crippen molar-refractivity contribution in [3.8, 4) is 0 Å². The molecular weight excluding hydrogens is 425 g/mol. The zero-order valence-corrected chi connectivity index (χ0v) is 20.0. The summed E-state index contributed by atoms with van der Waals surface area (Å²) in [6, 6.07) is 4.91. The maximum Gasteiger partial charge on any atom is 0.206 e. The average molecular weight is 456 g/mol. The van der Waals surface area contributed by atoms with E-state index in [1.807, 2.05) is 43.6 Å². The summed E-state index contributed by atoms with van der Waals surface area (Å²) in [6.07, 6.45) is 7.77. The number of pyridine rings is 1. The first-order chi connectivity index (χ1) is 15.2. The number of nitrogens with one attached hydrogen (secondary N) is 1. The van der Waals surface area contributed by atoms with Crippen LogP contribution in [0.2, 0.25) is 0 Å². The fraction of sp³-hybridized carbons (Fsp3) is 0.391. The van der Waals surface area contributed by atoms with E-state index in [0.29, 0.717) is 5.69 Å². The Bertz CT molecular complexity index is 1190. The molecule has 7 nitrogen and oxygen atoms in total. The van der Waals surface area contributed by atoms with Gasteiger partial charge in [0.15, 0.2) is 0 Å². The number of hydrogen-bond donors (Lipinski definition) is 1. The van der Waals surface area contributed by atoms with Gasteiger partial charge < -0.3 is 10.2 Å². The molecule has 1 N–H and O–H groups in total. The number of nitrogens with zero attached hydrogens (tertiary/aromatic N) is 6. The van der Waals surface area contributed by atoms with Crippen LogP contribution < -0.4 is 5.32 Å². The van der Waals surface area contributed by atoms with Gasteiger partial charge in [-0.1, -0.05) is 11.3 Å². The summed E-state index contributed by atoms with van der Waals surface area (Å²) >= 11 is 1.53. The van der Waals surface area contributed by atoms with Crippen LogP contribution in [0.5, 0.6) is 0 Å². The average Bonchev–Trinajstić information content (AvgIpc) is 3.06. The van der Waals surface area contributed by atoms with Gasteiger partial charge in [-0.3, -0.25) is 9.67 Å². The Morgan fingerprint density at radius 2 is 2.03 bits per heavy atom. The van der Waals surface area contributed by atoms with Gasteiger partial charge in [0.05, 0.1) is 23.0 Å². The molecule has 0 spiro atoms. The molecule has 0 amide bonds. The first-order valence-corrected chi connectivity index (χ1v) is 11.4. The molecule has 170 valence electrons. The van der Waals surface area contributed by atoms with E-state index in [4.69, 9.17) is 0 Å². The molecule has 9 heteroatoms. The molecule has 3 heterocycles. The van der Waals surface area contributed by atoms with Crippen LogP contribution in [0.3, 0.4) is 0 Å². The highest BCUT2D eigenvalue weighted by Crippen LogP contribution is 2.40. The van der Waals surface area contributed by atoms with E-state index in [1.165, 1.54) is 23.0 Å². The maximum absolute atomic E-state index is 14.1. The smallest absolute Gasteiger partial charge is 0.206 e. The summed E-state index contributed by atoms with van der Waals surface area (Å²) < 4.78 is 16.1. The fourth-order valence-corrected chi connectivity index (χ4v) is 4.55. The first kappa shape index (κ1) is 22.1. The molecular formula is C23H30FN7S. The number of rotatable bonds is 8. The molecule has 0 radical (unpaired) electrons. The van der Waals surface area contributed by atoms with E-state index >= 15 is 0 Å². The van der Waals surface area contributed by atoms with Crippen LogP contribution in [0.25, 0.3) is 0 Å². The standard InChI is InChI=1S/C23H28FN7S.H2/c1-14-13-23(14,9-11-30(6)17(4)20-19(24)8-7-10-25-20)26-22-28-27-21(32-22)18(5)31-16(3)12-15(2)29-31;/h7-13,17-18H,1-6H3,(H,26,28);1H/b11-9-;. The Morgan fingerprint density at radius 1 is 1.28 bits per heavy atom. The normalized spacial score (nSPS) is 19.7. The summed E-state index contributed by atoms with van der Waals surface area (Å²) in [5, 5.41) is 18.4. The van der Waals surface area contributed by atoms with Crippen molar-refractivity contribution in [3.63, 3.8) is 0 Å². The van der Waals surface area contributed by atoms with E-state index in [1.54, 1.807) is 12.3 Å². The SMILES string of the molecule is CC1=CC1(/C=C\N(C)C(C)c1ncccc1F)Nc1nnc(C(C)n2nc(C)cc2C)s1.[HH]. The Balaban J connectivity index is 0.00000306. The highest BCUT2D eigenvalue weighted by Gasteiger charge is 2.39. The molecule has 1 aliphatic carbocycles. The number of hydrogen-bond acceptors (Lipinski definition) is 7. The van der Waals surface area contributed by atoms with E-state index in [-0.39, 0.29) is 24.9 Å². The highest BCUT2D eigenvalue weighted by atomic mass is 32.1. The molecule has 3 aromatic rings. The highest BCUT2D eigenvalue weighted by molar-refractivity contribution is 7.15. The van der Waals surface area contributed by atoms with Gasteiger partial charge in [0.1, 0.15) is 16.9 Å². The number of aryl methyl sites for hydroxylation is 2. The monoisotopic (exact) mass is 455 g/mol. The molecule has 3 aromatic heterocycles. The van der Waals surface area contributed by atoms with Crippen LogP contribution in [0.1, 0.15) is 56.4 Å². The minimum Gasteiger partial charge on any atom is -0.372 e. The van der Waals surface area contributed by atoms with Crippen molar-refractivity contribution < 1.29 is 5.82 Å². The van der Waals surface area contributed by atoms with Gasteiger partial charge in [0, 0.05) is 20.4 Å². The van der Waals surface area contributed by atoms with Crippen LogP contribution in [-0.4, -0.2) is 42.4 Å². The van der Waals surface area contributed by atoms with Crippen LogP contribution in [0.15, 0.2) is 48.3 Å². The summed E-state index contributed by atoms with van der Waals surface area (Å²) in [4.78, 5) is 6.14. The third-order valence-electron chi connectivity index (χ3n) is 5.90. The van der Waals surface area contributed by atoms with Crippen molar-refractivity contribution in [2.45, 2.75) is 52.2 Å². The van der Waals surface area contributed by atoms with Crippen LogP contribution in [0, 0.1) is 19.7 Å². The minimum absolute atomic E-state index is 0. The van der Waals surface area contributed by atoms with Gasteiger partial charge in [0.25, 0.3) is 0 Å². The second-order valence-corrected chi connectivity index (χ2v) is 9.35. The molecule has 0 bridgehead atoms. The van der Waals surface area contributed by atoms with E-state index < -0.39 is 0 Å². The molecule has 0 fully saturated rings. The Labute approximate surface area is 193 Å². The molecule has 4 rings (SSSR count). The summed E-state index contributed by atoms with van der Waals surface area (Å²) in [6.45, 7) is 10.1. The summed E-state index contributed by atoms with van der Waals surface area (Å²) in [7, 11) is 1.92. The second kappa shape index (κ2) is 8.46. The van der Waals surface area contributed by atoms with Crippen molar-refractivity contribution in [1.82, 2.24) is 29.9 Å². The predicted molar refractivity (Wildman–Crippen MR) is 127 cm³/mol. The zero-order chi connectivity index (χ0) is 23.0. The van der Waals surface area contributed by atoms with Crippen molar-refractivity contribution in [1.29, 1.82) is 0 Å². The number of aromatic nitrogens is 5. The third kappa shape index (κ3) is 4.29. The van der Waals surface area contributed by atoms with Gasteiger partial charge in [-0.15, -0.1) is 10.2 Å². The van der Waals surface area contributed by atoms with Crippen molar-refractivity contribution in [2.24, 2.45) is 0 Å². The lowest BCUT2D eigenvalue weighted by atomic mass is 10.1. The third-order valence-corrected chi connectivity index (χ3v) is 6.91. The molecule has 0 saturated carbocycles. The molecule has 0 aromatic carbocycles. The molecule has 0 aliphatic heterocycles. The lowest BCUT2D eigenvalue weighted by Crippen LogP contribution is -2.25. The van der Waals surface area contributed by atoms with Gasteiger partial charge in [-0.25, -0.2) is 4.39 Å². The minimum atomic E-state index is -0.380. The zero-order valence-electron chi connectivity index (χ0n) is 19.2. The lowest BCUT2D eigenvalue weighted by molar-refractivity contribution is 0.341. The topological polar surface area (TPSA) is 71.8 Å². The molecule has 1 aliphatic rings. The van der Waals surface area contributed by atoms with E-state index in [2.05, 4.69) is 57.7 Å². The molecule has 3 atom stereocenters. The molecule has 3 unspecified atom stereocenters. The second-order valence-electron chi connectivity index (χ2n) is 8.34. The van der Waals surface area contributed by atoms with Crippen molar-refractivity contribution >= 4 is 16.5 Å². The van der Waals surface area contributed by atoms with Gasteiger partial charge in [-0.05, 0) is 76.7 Å². The largest absolute Gasteiger partial charge is 0.372 e. The quantitative estimate of drug-likeness (QED) is 0.479. The van der Waals surface area contributed by atoms with Crippen molar-refractivity contribution in [3.05, 3.63) is 76.2 Å². The van der Waals surface area contributed by atoms with Crippen LogP contribution in [0.4, 0.5) is 9.52 Å². The Hall–Kier alpha value is -3.07. The van der Waals surface area contributed by atoms with Crippen molar-refractivity contribution in [2.75, 3.05) is 12.4 Å². The summed E-state index contributed by atoms with van der Waals surface area (Å²) in [5.41, 5.74) is 3.33. The Morgan fingerprint density at radius 3 is 2.66 bits per heavy atom. The van der Waals surface area contributed by atoms with Gasteiger partial charge in [0.2, 0.25) is 5.13 Å². The number of anilines is 1. The molecule has 0 saturated heterocycles. The Kier molecular flexibility index (Phi) is 5.85. The van der Waals surface area contributed by atoms with Crippen LogP contribution in [-0.2, 0) is 0 Å². The number of halogens is 1. The predicted octanol–water partition coefficient (Wildman–Crippen LogP) is 5.06. The lowest BCUT2D eigenvalue weighted by Gasteiger charge is -2.24.